The topological polar surface area (TPSA) is 93.5 Å². The second-order valence-corrected chi connectivity index (χ2v) is 8.48. The minimum Gasteiger partial charge on any atom is -0.464 e. The average Bonchev–Trinajstić information content (AvgIpc) is 3.23. The number of amides is 2. The van der Waals surface area contributed by atoms with Gasteiger partial charge in [0.15, 0.2) is 5.69 Å². The van der Waals surface area contributed by atoms with E-state index < -0.39 is 17.4 Å². The number of aromatic nitrogens is 2. The molecule has 1 N–H and O–H groups in total. The molecular formula is C25H26N4O4. The minimum atomic E-state index is -1.25. The highest BCUT2D eigenvalue weighted by Gasteiger charge is 2.49. The normalized spacial score (nSPS) is 17.5. The van der Waals surface area contributed by atoms with Gasteiger partial charge in [-0.1, -0.05) is 47.5 Å². The maximum atomic E-state index is 13.7. The number of nitrogens with zero attached hydrogens (tertiary/aromatic N) is 3. The Labute approximate surface area is 192 Å². The van der Waals surface area contributed by atoms with Crippen LogP contribution in [-0.4, -0.2) is 40.0 Å². The van der Waals surface area contributed by atoms with Gasteiger partial charge in [-0.3, -0.25) is 14.5 Å². The Morgan fingerprint density at radius 2 is 1.67 bits per heavy atom. The molecule has 1 aliphatic rings. The lowest BCUT2D eigenvalue weighted by Crippen LogP contribution is -2.64. The van der Waals surface area contributed by atoms with Gasteiger partial charge in [0.25, 0.3) is 5.91 Å². The first kappa shape index (κ1) is 22.3. The Bertz CT molecular complexity index is 1210. The van der Waals surface area contributed by atoms with E-state index in [1.807, 2.05) is 50.2 Å². The summed E-state index contributed by atoms with van der Waals surface area (Å²) in [6, 6.07) is 15.2. The summed E-state index contributed by atoms with van der Waals surface area (Å²) < 4.78 is 6.34. The summed E-state index contributed by atoms with van der Waals surface area (Å²) in [5.41, 5.74) is 2.45. The van der Waals surface area contributed by atoms with Crippen LogP contribution >= 0.6 is 0 Å². The van der Waals surface area contributed by atoms with E-state index in [1.165, 1.54) is 18.3 Å². The quantitative estimate of drug-likeness (QED) is 0.608. The molecule has 0 fully saturated rings. The van der Waals surface area contributed by atoms with Gasteiger partial charge in [0.1, 0.15) is 11.2 Å². The lowest BCUT2D eigenvalue weighted by Gasteiger charge is -2.43. The first-order valence-corrected chi connectivity index (χ1v) is 10.6. The maximum absolute atomic E-state index is 13.7. The zero-order valence-corrected chi connectivity index (χ0v) is 19.1. The molecule has 2 heterocycles. The smallest absolute Gasteiger partial charge is 0.359 e. The first-order valence-electron chi connectivity index (χ1n) is 10.6. The molecule has 0 saturated carbocycles. The predicted octanol–water partition coefficient (Wildman–Crippen LogP) is 3.02. The number of ether oxygens (including phenoxy) is 1. The van der Waals surface area contributed by atoms with Crippen molar-refractivity contribution in [1.82, 2.24) is 14.9 Å². The number of rotatable bonds is 5. The van der Waals surface area contributed by atoms with E-state index in [-0.39, 0.29) is 23.8 Å². The van der Waals surface area contributed by atoms with Crippen molar-refractivity contribution in [1.29, 1.82) is 0 Å². The molecule has 0 bridgehead atoms. The van der Waals surface area contributed by atoms with Gasteiger partial charge in [0, 0.05) is 12.2 Å². The van der Waals surface area contributed by atoms with Gasteiger partial charge in [-0.15, -0.1) is 0 Å². The Morgan fingerprint density at radius 1 is 1.06 bits per heavy atom. The van der Waals surface area contributed by atoms with E-state index in [0.717, 1.165) is 16.7 Å². The van der Waals surface area contributed by atoms with Crippen molar-refractivity contribution >= 4 is 23.5 Å². The highest BCUT2D eigenvalue weighted by Crippen LogP contribution is 2.34. The van der Waals surface area contributed by atoms with Crippen LogP contribution in [0, 0.1) is 13.8 Å². The lowest BCUT2D eigenvalue weighted by molar-refractivity contribution is -0.126. The molecule has 8 heteroatoms. The van der Waals surface area contributed by atoms with Gasteiger partial charge >= 0.3 is 5.97 Å². The average molecular weight is 447 g/mol. The van der Waals surface area contributed by atoms with Crippen molar-refractivity contribution in [2.75, 3.05) is 12.0 Å². The second-order valence-electron chi connectivity index (χ2n) is 8.48. The Kier molecular flexibility index (Phi) is 5.76. The molecule has 0 radical (unpaired) electrons. The zero-order chi connectivity index (χ0) is 23.8. The number of aryl methyl sites for hydroxylation is 2. The Morgan fingerprint density at radius 3 is 2.27 bits per heavy atom. The number of anilines is 1. The zero-order valence-electron chi connectivity index (χ0n) is 19.1. The highest BCUT2D eigenvalue weighted by atomic mass is 16.5. The summed E-state index contributed by atoms with van der Waals surface area (Å²) in [7, 11) is 1.24. The van der Waals surface area contributed by atoms with Crippen molar-refractivity contribution in [3.63, 3.8) is 0 Å². The number of benzene rings is 2. The number of fused-ring (bicyclic) bond motifs is 1. The molecule has 0 unspecified atom stereocenters. The van der Waals surface area contributed by atoms with Crippen LogP contribution in [0.25, 0.3) is 0 Å². The predicted molar refractivity (Wildman–Crippen MR) is 123 cm³/mol. The molecule has 0 spiro atoms. The molecular weight excluding hydrogens is 420 g/mol. The van der Waals surface area contributed by atoms with Crippen LogP contribution in [-0.2, 0) is 22.6 Å². The molecule has 2 amide bonds. The minimum absolute atomic E-state index is 0.0678. The van der Waals surface area contributed by atoms with Crippen LogP contribution in [0.15, 0.2) is 54.9 Å². The van der Waals surface area contributed by atoms with E-state index in [2.05, 4.69) is 10.3 Å². The summed E-state index contributed by atoms with van der Waals surface area (Å²) in [6.07, 6.45) is 1.40. The van der Waals surface area contributed by atoms with Gasteiger partial charge in [-0.25, -0.2) is 9.78 Å². The third kappa shape index (κ3) is 4.00. The van der Waals surface area contributed by atoms with Crippen molar-refractivity contribution < 1.29 is 19.1 Å². The summed E-state index contributed by atoms with van der Waals surface area (Å²) >= 11 is 0. The molecule has 2 aromatic carbocycles. The van der Waals surface area contributed by atoms with Crippen molar-refractivity contribution in [2.45, 2.75) is 39.4 Å². The lowest BCUT2D eigenvalue weighted by atomic mass is 9.93. The van der Waals surface area contributed by atoms with E-state index in [9.17, 15) is 14.4 Å². The summed E-state index contributed by atoms with van der Waals surface area (Å²) in [4.78, 5) is 45.0. The molecule has 0 aliphatic carbocycles. The van der Waals surface area contributed by atoms with Crippen LogP contribution in [0.2, 0.25) is 0 Å². The Balaban J connectivity index is 1.73. The van der Waals surface area contributed by atoms with Crippen LogP contribution in [0.1, 0.15) is 44.6 Å². The number of carbonyl (C=O) groups excluding carboxylic acids is 3. The summed E-state index contributed by atoms with van der Waals surface area (Å²) in [6.45, 7) is 6.12. The molecule has 3 aromatic rings. The van der Waals surface area contributed by atoms with Crippen molar-refractivity contribution in [2.24, 2.45) is 0 Å². The number of hydrogen-bond donors (Lipinski definition) is 1. The molecule has 1 atom stereocenters. The maximum Gasteiger partial charge on any atom is 0.359 e. The van der Waals surface area contributed by atoms with Gasteiger partial charge in [0.2, 0.25) is 5.91 Å². The van der Waals surface area contributed by atoms with Crippen molar-refractivity contribution in [3.05, 3.63) is 82.9 Å². The number of carbonyl (C=O) groups is 3. The van der Waals surface area contributed by atoms with Crippen LogP contribution in [0.3, 0.4) is 0 Å². The standard InChI is InChI=1S/C25H26N4O4/c1-16-5-9-18(10-6-16)13-26-24(32)25(3)14-28-15-27-20(23(31)33-4)21(28)22(30)29(25)19-11-7-17(2)8-12-19/h5-12,15H,13-14H2,1-4H3,(H,26,32)/t25-/m0/s1. The number of hydrogen-bond acceptors (Lipinski definition) is 5. The number of esters is 1. The molecule has 4 rings (SSSR count). The van der Waals surface area contributed by atoms with Gasteiger partial charge < -0.3 is 14.6 Å². The third-order valence-corrected chi connectivity index (χ3v) is 5.95. The highest BCUT2D eigenvalue weighted by molar-refractivity contribution is 6.15. The fourth-order valence-corrected chi connectivity index (χ4v) is 4.05. The summed E-state index contributed by atoms with van der Waals surface area (Å²) in [5, 5.41) is 2.97. The van der Waals surface area contributed by atoms with E-state index in [0.29, 0.717) is 12.2 Å². The van der Waals surface area contributed by atoms with Crippen LogP contribution < -0.4 is 10.2 Å². The SMILES string of the molecule is COC(=O)c1ncn2c1C(=O)N(c1ccc(C)cc1)[C@](C)(C(=O)NCc1ccc(C)cc1)C2. The fraction of sp³-hybridized carbons (Fsp3) is 0.280. The van der Waals surface area contributed by atoms with Gasteiger partial charge in [-0.05, 0) is 38.5 Å². The third-order valence-electron chi connectivity index (χ3n) is 5.95. The molecule has 1 aromatic heterocycles. The van der Waals surface area contributed by atoms with Gasteiger partial charge in [-0.2, -0.15) is 0 Å². The molecule has 170 valence electrons. The number of imidazole rings is 1. The van der Waals surface area contributed by atoms with E-state index >= 15 is 0 Å². The van der Waals surface area contributed by atoms with Crippen LogP contribution in [0.4, 0.5) is 5.69 Å². The Hall–Kier alpha value is -3.94. The van der Waals surface area contributed by atoms with E-state index in [4.69, 9.17) is 4.74 Å². The molecule has 1 aliphatic heterocycles. The fourth-order valence-electron chi connectivity index (χ4n) is 4.05. The second kappa shape index (κ2) is 8.54. The van der Waals surface area contributed by atoms with E-state index in [1.54, 1.807) is 23.6 Å². The molecule has 0 saturated heterocycles. The van der Waals surface area contributed by atoms with Gasteiger partial charge in [0.05, 0.1) is 20.0 Å². The molecule has 33 heavy (non-hydrogen) atoms. The largest absolute Gasteiger partial charge is 0.464 e. The van der Waals surface area contributed by atoms with Crippen LogP contribution in [0.5, 0.6) is 0 Å². The van der Waals surface area contributed by atoms with Crippen molar-refractivity contribution in [3.8, 4) is 0 Å². The monoisotopic (exact) mass is 446 g/mol. The first-order chi connectivity index (χ1) is 15.7. The summed E-state index contributed by atoms with van der Waals surface area (Å²) in [5.74, 6) is -1.50. The number of nitrogens with one attached hydrogen (secondary N) is 1. The molecule has 8 nitrogen and oxygen atoms in total. The number of methoxy groups -OCH3 is 1.